The molecular weight excluding hydrogens is 652 g/mol. The Morgan fingerprint density at radius 1 is 0.824 bits per heavy atom. The second kappa shape index (κ2) is 14.2. The first kappa shape index (κ1) is 37.1. The molecule has 6 rings (SSSR count). The number of methoxy groups -OCH3 is 2. The number of hydrogen-bond donors (Lipinski definition) is 3. The number of pyridine rings is 4. The van der Waals surface area contributed by atoms with Crippen molar-refractivity contribution in [1.29, 1.82) is 10.5 Å². The molecule has 3 N–H and O–H groups in total. The summed E-state index contributed by atoms with van der Waals surface area (Å²) >= 11 is 0. The molecule has 0 bridgehead atoms. The zero-order valence-electron chi connectivity index (χ0n) is 30.1. The van der Waals surface area contributed by atoms with Crippen LogP contribution in [0.5, 0.6) is 0 Å². The Kier molecular flexibility index (Phi) is 10.4. The molecule has 14 nitrogen and oxygen atoms in total. The summed E-state index contributed by atoms with van der Waals surface area (Å²) in [4.78, 5) is 54.2. The van der Waals surface area contributed by atoms with E-state index < -0.39 is 16.7 Å². The Labute approximate surface area is 295 Å². The molecule has 2 aliphatic heterocycles. The lowest BCUT2D eigenvalue weighted by molar-refractivity contribution is -0.0134. The average molecular weight is 697 g/mol. The van der Waals surface area contributed by atoms with Gasteiger partial charge in [-0.05, 0) is 65.5 Å². The van der Waals surface area contributed by atoms with Crippen molar-refractivity contribution in [3.63, 3.8) is 0 Å². The Bertz CT molecular complexity index is 2170. The number of nitriles is 2. The molecule has 2 fully saturated rings. The number of ether oxygens (including phenoxy) is 2. The molecule has 0 saturated carbocycles. The smallest absolute Gasteiger partial charge is 0.268 e. The predicted molar refractivity (Wildman–Crippen MR) is 193 cm³/mol. The van der Waals surface area contributed by atoms with Gasteiger partial charge in [0.1, 0.15) is 34.6 Å². The van der Waals surface area contributed by atoms with Gasteiger partial charge in [-0.2, -0.15) is 10.5 Å². The number of anilines is 2. The number of aromatic nitrogens is 4. The van der Waals surface area contributed by atoms with Crippen molar-refractivity contribution >= 4 is 39.0 Å². The first-order valence-corrected chi connectivity index (χ1v) is 16.8. The molecule has 0 unspecified atom stereocenters. The number of nitrogens with one attached hydrogen (secondary N) is 2. The Balaban J connectivity index is 0.000000198. The second-order valence-electron chi connectivity index (χ2n) is 14.2. The van der Waals surface area contributed by atoms with Gasteiger partial charge < -0.3 is 34.3 Å². The SMILES string of the molecule is COC1(C)CCN(c2c(C#N)c(=O)[nH]c3cnc(C(C)(C)O)cc23)CC1.COC1(C)CCN(c2c(C#N)c(=O)[nH]c3cnc(C(C)=O)cc23)CC1. The first-order chi connectivity index (χ1) is 24.1. The van der Waals surface area contributed by atoms with Crippen LogP contribution in [0, 0.1) is 22.7 Å². The van der Waals surface area contributed by atoms with Gasteiger partial charge in [-0.3, -0.25) is 24.4 Å². The molecule has 4 aromatic rings. The van der Waals surface area contributed by atoms with E-state index in [0.717, 1.165) is 25.7 Å². The number of carbonyl (C=O) groups is 1. The van der Waals surface area contributed by atoms with Gasteiger partial charge in [0.25, 0.3) is 11.1 Å². The van der Waals surface area contributed by atoms with E-state index in [0.29, 0.717) is 70.7 Å². The summed E-state index contributed by atoms with van der Waals surface area (Å²) in [5.41, 5.74) is 0.820. The molecule has 0 radical (unpaired) electrons. The van der Waals surface area contributed by atoms with Crippen LogP contribution in [0.2, 0.25) is 0 Å². The van der Waals surface area contributed by atoms with Crippen molar-refractivity contribution in [2.75, 3.05) is 50.2 Å². The summed E-state index contributed by atoms with van der Waals surface area (Å²) in [5, 5.41) is 30.8. The lowest BCUT2D eigenvalue weighted by Gasteiger charge is -2.40. The normalized spacial score (nSPS) is 17.0. The summed E-state index contributed by atoms with van der Waals surface area (Å²) in [6, 6.07) is 7.46. The molecule has 0 atom stereocenters. The van der Waals surface area contributed by atoms with Gasteiger partial charge in [-0.1, -0.05) is 0 Å². The highest BCUT2D eigenvalue weighted by molar-refractivity contribution is 6.00. The number of piperidine rings is 2. The fourth-order valence-corrected chi connectivity index (χ4v) is 6.56. The van der Waals surface area contributed by atoms with E-state index in [9.17, 15) is 30.0 Å². The van der Waals surface area contributed by atoms with Crippen molar-refractivity contribution in [3.05, 3.63) is 67.7 Å². The third-order valence-electron chi connectivity index (χ3n) is 10.2. The fourth-order valence-electron chi connectivity index (χ4n) is 6.56. The van der Waals surface area contributed by atoms with Gasteiger partial charge in [-0.15, -0.1) is 0 Å². The second-order valence-corrected chi connectivity index (χ2v) is 14.2. The molecular formula is C37H44N8O6. The van der Waals surface area contributed by atoms with Crippen LogP contribution in [0.3, 0.4) is 0 Å². The summed E-state index contributed by atoms with van der Waals surface area (Å²) in [6.45, 7) is 11.6. The average Bonchev–Trinajstić information content (AvgIpc) is 3.10. The first-order valence-electron chi connectivity index (χ1n) is 16.8. The maximum absolute atomic E-state index is 12.4. The number of rotatable bonds is 6. The maximum atomic E-state index is 12.4. The standard InChI is InChI=1S/C19H24N4O3.C18H20N4O3/c1-18(2,25)15-9-12-14(11-21-15)22-17(24)13(10-20)16(12)23-7-5-19(3,26-4)6-8-23;1-11(23)14-8-12-15(10-20-14)21-17(24)13(9-19)16(12)22-6-4-18(2,25-3)5-7-22/h9,11,25H,5-8H2,1-4H3,(H,22,24);8,10H,4-7H2,1-3H3,(H,21,24). The molecule has 268 valence electrons. The van der Waals surface area contributed by atoms with Crippen LogP contribution in [0.25, 0.3) is 21.8 Å². The summed E-state index contributed by atoms with van der Waals surface area (Å²) in [5.74, 6) is -0.164. The number of hydrogen-bond acceptors (Lipinski definition) is 12. The third-order valence-corrected chi connectivity index (χ3v) is 10.2. The van der Waals surface area contributed by atoms with Crippen LogP contribution < -0.4 is 20.9 Å². The van der Waals surface area contributed by atoms with Gasteiger partial charge in [0.05, 0.1) is 51.7 Å². The number of nitrogens with zero attached hydrogens (tertiary/aromatic N) is 6. The predicted octanol–water partition coefficient (Wildman–Crippen LogP) is 4.03. The highest BCUT2D eigenvalue weighted by Gasteiger charge is 2.33. The molecule has 2 aliphatic rings. The van der Waals surface area contributed by atoms with Crippen LogP contribution >= 0.6 is 0 Å². The van der Waals surface area contributed by atoms with Gasteiger partial charge in [0.15, 0.2) is 5.78 Å². The van der Waals surface area contributed by atoms with Crippen LogP contribution in [0.4, 0.5) is 11.4 Å². The summed E-state index contributed by atoms with van der Waals surface area (Å²) < 4.78 is 11.2. The van der Waals surface area contributed by atoms with Crippen LogP contribution in [0.1, 0.15) is 87.6 Å². The quantitative estimate of drug-likeness (QED) is 0.245. The van der Waals surface area contributed by atoms with E-state index in [1.54, 1.807) is 40.2 Å². The highest BCUT2D eigenvalue weighted by Crippen LogP contribution is 2.35. The van der Waals surface area contributed by atoms with Crippen molar-refractivity contribution in [2.24, 2.45) is 0 Å². The van der Waals surface area contributed by atoms with E-state index in [-0.39, 0.29) is 28.1 Å². The van der Waals surface area contributed by atoms with Crippen LogP contribution in [0.15, 0.2) is 34.1 Å². The van der Waals surface area contributed by atoms with Crippen molar-refractivity contribution < 1.29 is 19.4 Å². The molecule has 0 amide bonds. The lowest BCUT2D eigenvalue weighted by atomic mass is 9.92. The zero-order chi connectivity index (χ0) is 37.3. The van der Waals surface area contributed by atoms with Crippen molar-refractivity contribution in [3.8, 4) is 12.1 Å². The number of ketones is 1. The molecule has 0 aromatic carbocycles. The third kappa shape index (κ3) is 7.49. The molecule has 0 spiro atoms. The fraction of sp³-hybridized carbons (Fsp3) is 0.486. The number of carbonyl (C=O) groups excluding carboxylic acids is 1. The van der Waals surface area contributed by atoms with Crippen molar-refractivity contribution in [2.45, 2.75) is 77.1 Å². The van der Waals surface area contributed by atoms with Gasteiger partial charge >= 0.3 is 0 Å². The van der Waals surface area contributed by atoms with E-state index in [2.05, 4.69) is 38.7 Å². The summed E-state index contributed by atoms with van der Waals surface area (Å²) in [7, 11) is 3.41. The number of H-pyrrole nitrogens is 2. The number of fused-ring (bicyclic) bond motifs is 2. The van der Waals surface area contributed by atoms with Crippen molar-refractivity contribution in [1.82, 2.24) is 19.9 Å². The molecule has 6 heterocycles. The van der Waals surface area contributed by atoms with Gasteiger partial charge in [0.2, 0.25) is 0 Å². The highest BCUT2D eigenvalue weighted by atomic mass is 16.5. The zero-order valence-corrected chi connectivity index (χ0v) is 30.1. The minimum absolute atomic E-state index is 0.0641. The topological polar surface area (TPSA) is 201 Å². The molecule has 51 heavy (non-hydrogen) atoms. The molecule has 4 aromatic heterocycles. The van der Waals surface area contributed by atoms with E-state index in [1.165, 1.54) is 19.3 Å². The minimum Gasteiger partial charge on any atom is -0.384 e. The largest absolute Gasteiger partial charge is 0.384 e. The molecule has 2 saturated heterocycles. The lowest BCUT2D eigenvalue weighted by Crippen LogP contribution is -2.44. The van der Waals surface area contributed by atoms with Crippen LogP contribution in [-0.2, 0) is 15.1 Å². The molecule has 0 aliphatic carbocycles. The maximum Gasteiger partial charge on any atom is 0.268 e. The van der Waals surface area contributed by atoms with Crippen LogP contribution in [-0.4, -0.2) is 82.4 Å². The number of aromatic amines is 2. The Morgan fingerprint density at radius 2 is 1.24 bits per heavy atom. The number of aliphatic hydroxyl groups is 1. The monoisotopic (exact) mass is 696 g/mol. The van der Waals surface area contributed by atoms with Gasteiger partial charge in [0, 0.05) is 58.1 Å². The van der Waals surface area contributed by atoms with E-state index >= 15 is 0 Å². The minimum atomic E-state index is -1.12. The van der Waals surface area contributed by atoms with Gasteiger partial charge in [-0.25, -0.2) is 0 Å². The molecule has 14 heteroatoms. The van der Waals surface area contributed by atoms with E-state index in [4.69, 9.17) is 9.47 Å². The summed E-state index contributed by atoms with van der Waals surface area (Å²) in [6.07, 6.45) is 6.18. The number of Topliss-reactive ketones (excluding diaryl/α,β-unsaturated/α-hetero) is 1. The Hall–Kier alpha value is -5.15. The van der Waals surface area contributed by atoms with E-state index in [1.807, 2.05) is 17.0 Å². The Morgan fingerprint density at radius 3 is 1.61 bits per heavy atom.